The van der Waals surface area contributed by atoms with E-state index in [1.54, 1.807) is 0 Å². The summed E-state index contributed by atoms with van der Waals surface area (Å²) in [5.74, 6) is 0.807. The predicted molar refractivity (Wildman–Crippen MR) is 61.5 cm³/mol. The van der Waals surface area contributed by atoms with Gasteiger partial charge in [0.25, 0.3) is 0 Å². The molecule has 1 aliphatic rings. The van der Waals surface area contributed by atoms with Gasteiger partial charge in [-0.25, -0.2) is 0 Å². The van der Waals surface area contributed by atoms with Gasteiger partial charge in [0.2, 0.25) is 0 Å². The van der Waals surface area contributed by atoms with Gasteiger partial charge in [0.15, 0.2) is 0 Å². The van der Waals surface area contributed by atoms with Crippen molar-refractivity contribution < 1.29 is 4.74 Å². The van der Waals surface area contributed by atoms with E-state index in [0.29, 0.717) is 6.10 Å². The second kappa shape index (κ2) is 7.28. The molecule has 0 N–H and O–H groups in total. The zero-order chi connectivity index (χ0) is 10.2. The first-order chi connectivity index (χ1) is 6.86. The Morgan fingerprint density at radius 1 is 1.14 bits per heavy atom. The number of hydrogen-bond acceptors (Lipinski definition) is 1. The van der Waals surface area contributed by atoms with Crippen molar-refractivity contribution in [3.63, 3.8) is 0 Å². The summed E-state index contributed by atoms with van der Waals surface area (Å²) in [6.07, 6.45) is 11.3. The third-order valence-electron chi connectivity index (χ3n) is 3.39. The minimum atomic E-state index is 0.592. The van der Waals surface area contributed by atoms with Crippen LogP contribution in [0, 0.1) is 5.92 Å². The van der Waals surface area contributed by atoms with Gasteiger partial charge in [-0.1, -0.05) is 46.0 Å². The van der Waals surface area contributed by atoms with E-state index in [9.17, 15) is 0 Å². The van der Waals surface area contributed by atoms with Gasteiger partial charge in [0.05, 0.1) is 6.10 Å². The van der Waals surface area contributed by atoms with Crippen molar-refractivity contribution in [2.24, 2.45) is 5.92 Å². The van der Waals surface area contributed by atoms with Gasteiger partial charge in [-0.05, 0) is 25.2 Å². The smallest absolute Gasteiger partial charge is 0.0575 e. The van der Waals surface area contributed by atoms with E-state index in [1.165, 1.54) is 51.4 Å². The Hall–Kier alpha value is -0.0400. The summed E-state index contributed by atoms with van der Waals surface area (Å²) in [4.78, 5) is 0. The van der Waals surface area contributed by atoms with Crippen LogP contribution in [0.2, 0.25) is 0 Å². The molecular formula is C13H26O. The summed E-state index contributed by atoms with van der Waals surface area (Å²) in [6, 6.07) is 0. The van der Waals surface area contributed by atoms with Crippen molar-refractivity contribution in [1.29, 1.82) is 0 Å². The Balaban J connectivity index is 2.10. The lowest BCUT2D eigenvalue weighted by molar-refractivity contribution is 0.00550. The van der Waals surface area contributed by atoms with Crippen LogP contribution in [-0.4, -0.2) is 12.7 Å². The highest BCUT2D eigenvalue weighted by Crippen LogP contribution is 2.22. The minimum absolute atomic E-state index is 0.592. The van der Waals surface area contributed by atoms with E-state index in [2.05, 4.69) is 13.8 Å². The fraction of sp³-hybridized carbons (Fsp3) is 1.00. The number of hydrogen-bond donors (Lipinski definition) is 0. The Labute approximate surface area is 89.2 Å². The zero-order valence-electron chi connectivity index (χ0n) is 9.93. The van der Waals surface area contributed by atoms with E-state index < -0.39 is 0 Å². The Kier molecular flexibility index (Phi) is 6.25. The number of ether oxygens (including phenoxy) is 1. The Bertz CT molecular complexity index is 122. The van der Waals surface area contributed by atoms with E-state index in [0.717, 1.165) is 12.5 Å². The topological polar surface area (TPSA) is 9.23 Å². The van der Waals surface area contributed by atoms with Gasteiger partial charge < -0.3 is 4.74 Å². The maximum Gasteiger partial charge on any atom is 0.0575 e. The molecule has 0 amide bonds. The molecule has 1 atom stereocenters. The normalized spacial score (nSPS) is 21.0. The molecule has 1 rings (SSSR count). The van der Waals surface area contributed by atoms with E-state index in [-0.39, 0.29) is 0 Å². The molecule has 0 aromatic carbocycles. The van der Waals surface area contributed by atoms with Gasteiger partial charge in [-0.15, -0.1) is 0 Å². The molecule has 0 spiro atoms. The molecule has 0 aromatic heterocycles. The standard InChI is InChI=1S/C13H26O/c1-3-8-12(4-2)11-14-13-9-6-5-7-10-13/h12-13H,3-11H2,1-2H3. The highest BCUT2D eigenvalue weighted by molar-refractivity contribution is 4.66. The first-order valence-electron chi connectivity index (χ1n) is 6.48. The molecule has 1 fully saturated rings. The van der Waals surface area contributed by atoms with E-state index in [4.69, 9.17) is 4.74 Å². The summed E-state index contributed by atoms with van der Waals surface area (Å²) in [5.41, 5.74) is 0. The fourth-order valence-electron chi connectivity index (χ4n) is 2.32. The Morgan fingerprint density at radius 3 is 2.43 bits per heavy atom. The van der Waals surface area contributed by atoms with Crippen LogP contribution in [0.15, 0.2) is 0 Å². The molecule has 0 aromatic rings. The first-order valence-corrected chi connectivity index (χ1v) is 6.48. The van der Waals surface area contributed by atoms with Crippen molar-refractivity contribution >= 4 is 0 Å². The summed E-state index contributed by atoms with van der Waals surface area (Å²) in [6.45, 7) is 5.56. The van der Waals surface area contributed by atoms with Gasteiger partial charge in [-0.2, -0.15) is 0 Å². The van der Waals surface area contributed by atoms with Crippen molar-refractivity contribution in [2.45, 2.75) is 71.3 Å². The predicted octanol–water partition coefficient (Wildman–Crippen LogP) is 4.16. The lowest BCUT2D eigenvalue weighted by Crippen LogP contribution is -2.20. The molecule has 0 aliphatic heterocycles. The number of rotatable bonds is 6. The molecule has 0 bridgehead atoms. The van der Waals surface area contributed by atoms with E-state index >= 15 is 0 Å². The second-order valence-electron chi connectivity index (χ2n) is 4.66. The SMILES string of the molecule is CCCC(CC)COC1CCCCC1. The quantitative estimate of drug-likeness (QED) is 0.622. The second-order valence-corrected chi connectivity index (χ2v) is 4.66. The lowest BCUT2D eigenvalue weighted by Gasteiger charge is -2.24. The van der Waals surface area contributed by atoms with Crippen LogP contribution in [0.3, 0.4) is 0 Å². The van der Waals surface area contributed by atoms with Gasteiger partial charge >= 0.3 is 0 Å². The van der Waals surface area contributed by atoms with Crippen molar-refractivity contribution in [1.82, 2.24) is 0 Å². The fourth-order valence-corrected chi connectivity index (χ4v) is 2.32. The molecule has 14 heavy (non-hydrogen) atoms. The molecular weight excluding hydrogens is 172 g/mol. The van der Waals surface area contributed by atoms with Crippen LogP contribution in [0.1, 0.15) is 65.2 Å². The van der Waals surface area contributed by atoms with E-state index in [1.807, 2.05) is 0 Å². The average Bonchev–Trinajstić information content (AvgIpc) is 2.25. The van der Waals surface area contributed by atoms with Gasteiger partial charge in [0.1, 0.15) is 0 Å². The monoisotopic (exact) mass is 198 g/mol. The molecule has 1 nitrogen and oxygen atoms in total. The summed E-state index contributed by atoms with van der Waals surface area (Å²) in [5, 5.41) is 0. The van der Waals surface area contributed by atoms with Crippen LogP contribution >= 0.6 is 0 Å². The molecule has 1 saturated carbocycles. The maximum atomic E-state index is 5.99. The van der Waals surface area contributed by atoms with Crippen molar-refractivity contribution in [2.75, 3.05) is 6.61 Å². The highest BCUT2D eigenvalue weighted by Gasteiger charge is 2.15. The largest absolute Gasteiger partial charge is 0.378 e. The van der Waals surface area contributed by atoms with Crippen LogP contribution in [0.25, 0.3) is 0 Å². The minimum Gasteiger partial charge on any atom is -0.378 e. The summed E-state index contributed by atoms with van der Waals surface area (Å²) in [7, 11) is 0. The molecule has 84 valence electrons. The van der Waals surface area contributed by atoms with Crippen LogP contribution in [-0.2, 0) is 4.74 Å². The summed E-state index contributed by atoms with van der Waals surface area (Å²) >= 11 is 0. The molecule has 1 heteroatoms. The average molecular weight is 198 g/mol. The van der Waals surface area contributed by atoms with Crippen molar-refractivity contribution in [3.8, 4) is 0 Å². The van der Waals surface area contributed by atoms with Gasteiger partial charge in [-0.3, -0.25) is 0 Å². The van der Waals surface area contributed by atoms with Crippen LogP contribution in [0.4, 0.5) is 0 Å². The van der Waals surface area contributed by atoms with Crippen LogP contribution < -0.4 is 0 Å². The third-order valence-corrected chi connectivity index (χ3v) is 3.39. The maximum absolute atomic E-state index is 5.99. The zero-order valence-corrected chi connectivity index (χ0v) is 9.93. The molecule has 1 unspecified atom stereocenters. The Morgan fingerprint density at radius 2 is 1.86 bits per heavy atom. The van der Waals surface area contributed by atoms with Gasteiger partial charge in [0, 0.05) is 6.61 Å². The first kappa shape index (κ1) is 12.0. The molecule has 0 heterocycles. The molecule has 0 radical (unpaired) electrons. The summed E-state index contributed by atoms with van der Waals surface area (Å²) < 4.78 is 5.99. The highest BCUT2D eigenvalue weighted by atomic mass is 16.5. The van der Waals surface area contributed by atoms with Crippen molar-refractivity contribution in [3.05, 3.63) is 0 Å². The lowest BCUT2D eigenvalue weighted by atomic mass is 9.97. The molecule has 1 aliphatic carbocycles. The third kappa shape index (κ3) is 4.45. The molecule has 0 saturated heterocycles. The van der Waals surface area contributed by atoms with Crippen LogP contribution in [0.5, 0.6) is 0 Å².